The third-order valence-corrected chi connectivity index (χ3v) is 2.93. The number of pyridine rings is 1. The van der Waals surface area contributed by atoms with Gasteiger partial charge in [-0.15, -0.1) is 0 Å². The summed E-state index contributed by atoms with van der Waals surface area (Å²) in [5, 5.41) is 3.20. The fraction of sp³-hybridized carbons (Fsp3) is 0.500. The molecule has 4 heteroatoms. The lowest BCUT2D eigenvalue weighted by Gasteiger charge is -2.18. The van der Waals surface area contributed by atoms with Crippen LogP contribution >= 0.6 is 0 Å². The topological polar surface area (TPSA) is 45.2 Å². The summed E-state index contributed by atoms with van der Waals surface area (Å²) >= 11 is 0. The van der Waals surface area contributed by atoms with Gasteiger partial charge in [-0.2, -0.15) is 0 Å². The standard InChI is InChI=1S/C12H17N3O/c1-3-13-10-6-8-15(12(10)16)11-5-4-7-14-9(11)2/h4-5,7,10,13H,3,6,8H2,1-2H3. The van der Waals surface area contributed by atoms with Gasteiger partial charge in [-0.1, -0.05) is 6.92 Å². The fourth-order valence-corrected chi connectivity index (χ4v) is 2.12. The molecule has 1 aromatic rings. The molecule has 2 rings (SSSR count). The van der Waals surface area contributed by atoms with Crippen LogP contribution in [0.2, 0.25) is 0 Å². The van der Waals surface area contributed by atoms with E-state index in [2.05, 4.69) is 10.3 Å². The molecule has 1 atom stereocenters. The second kappa shape index (κ2) is 4.61. The van der Waals surface area contributed by atoms with Crippen molar-refractivity contribution in [1.82, 2.24) is 10.3 Å². The monoisotopic (exact) mass is 219 g/mol. The van der Waals surface area contributed by atoms with Crippen molar-refractivity contribution in [2.45, 2.75) is 26.3 Å². The Morgan fingerprint density at radius 2 is 2.44 bits per heavy atom. The molecule has 0 saturated carbocycles. The molecule has 86 valence electrons. The average Bonchev–Trinajstić information content (AvgIpc) is 2.62. The number of aryl methyl sites for hydroxylation is 1. The molecule has 16 heavy (non-hydrogen) atoms. The van der Waals surface area contributed by atoms with E-state index in [0.717, 1.165) is 30.9 Å². The maximum Gasteiger partial charge on any atom is 0.244 e. The number of carbonyl (C=O) groups excluding carboxylic acids is 1. The van der Waals surface area contributed by atoms with Crippen molar-refractivity contribution in [2.24, 2.45) is 0 Å². The molecule has 1 fully saturated rings. The third kappa shape index (κ3) is 1.93. The Bertz CT molecular complexity index is 392. The molecule has 1 aliphatic heterocycles. The molecular weight excluding hydrogens is 202 g/mol. The van der Waals surface area contributed by atoms with Crippen LogP contribution in [0.4, 0.5) is 5.69 Å². The summed E-state index contributed by atoms with van der Waals surface area (Å²) in [7, 11) is 0. The smallest absolute Gasteiger partial charge is 0.244 e. The molecule has 0 bridgehead atoms. The molecule has 0 aliphatic carbocycles. The molecule has 1 N–H and O–H groups in total. The summed E-state index contributed by atoms with van der Waals surface area (Å²) in [5.41, 5.74) is 1.85. The van der Waals surface area contributed by atoms with Gasteiger partial charge in [-0.25, -0.2) is 0 Å². The van der Waals surface area contributed by atoms with Crippen LogP contribution in [0.15, 0.2) is 18.3 Å². The molecular formula is C12H17N3O. The molecule has 1 aromatic heterocycles. The molecule has 1 aliphatic rings. The zero-order valence-electron chi connectivity index (χ0n) is 9.73. The van der Waals surface area contributed by atoms with Crippen molar-refractivity contribution >= 4 is 11.6 Å². The third-order valence-electron chi connectivity index (χ3n) is 2.93. The van der Waals surface area contributed by atoms with Gasteiger partial charge >= 0.3 is 0 Å². The van der Waals surface area contributed by atoms with Gasteiger partial charge in [0.1, 0.15) is 0 Å². The van der Waals surface area contributed by atoms with Crippen LogP contribution in [0.1, 0.15) is 19.0 Å². The summed E-state index contributed by atoms with van der Waals surface area (Å²) in [4.78, 5) is 18.1. The molecule has 0 radical (unpaired) electrons. The fourth-order valence-electron chi connectivity index (χ4n) is 2.12. The second-order valence-corrected chi connectivity index (χ2v) is 4.00. The predicted molar refractivity (Wildman–Crippen MR) is 63.4 cm³/mol. The number of nitrogens with zero attached hydrogens (tertiary/aromatic N) is 2. The van der Waals surface area contributed by atoms with Crippen molar-refractivity contribution < 1.29 is 4.79 Å². The molecule has 1 saturated heterocycles. The van der Waals surface area contributed by atoms with E-state index in [1.54, 1.807) is 6.20 Å². The number of hydrogen-bond donors (Lipinski definition) is 1. The first-order chi connectivity index (χ1) is 7.74. The van der Waals surface area contributed by atoms with Crippen LogP contribution in [0.5, 0.6) is 0 Å². The van der Waals surface area contributed by atoms with Crippen molar-refractivity contribution in [3.05, 3.63) is 24.0 Å². The van der Waals surface area contributed by atoms with E-state index >= 15 is 0 Å². The van der Waals surface area contributed by atoms with E-state index in [1.165, 1.54) is 0 Å². The van der Waals surface area contributed by atoms with Gasteiger partial charge in [0, 0.05) is 12.7 Å². The zero-order valence-corrected chi connectivity index (χ0v) is 9.73. The van der Waals surface area contributed by atoms with Gasteiger partial charge in [0.05, 0.1) is 17.4 Å². The quantitative estimate of drug-likeness (QED) is 0.828. The van der Waals surface area contributed by atoms with E-state index in [9.17, 15) is 4.79 Å². The van der Waals surface area contributed by atoms with E-state index in [1.807, 2.05) is 30.9 Å². The van der Waals surface area contributed by atoms with Crippen molar-refractivity contribution in [1.29, 1.82) is 0 Å². The highest BCUT2D eigenvalue weighted by molar-refractivity contribution is 5.99. The van der Waals surface area contributed by atoms with Crippen LogP contribution in [-0.2, 0) is 4.79 Å². The summed E-state index contributed by atoms with van der Waals surface area (Å²) in [6, 6.07) is 3.80. The largest absolute Gasteiger partial charge is 0.309 e. The van der Waals surface area contributed by atoms with Gasteiger partial charge < -0.3 is 10.2 Å². The van der Waals surface area contributed by atoms with Gasteiger partial charge in [0.2, 0.25) is 5.91 Å². The average molecular weight is 219 g/mol. The van der Waals surface area contributed by atoms with Crippen LogP contribution in [0.25, 0.3) is 0 Å². The minimum absolute atomic E-state index is 0.0235. The Labute approximate surface area is 95.7 Å². The van der Waals surface area contributed by atoms with Crippen LogP contribution in [0.3, 0.4) is 0 Å². The maximum absolute atomic E-state index is 12.1. The number of likely N-dealkylation sites (N-methyl/N-ethyl adjacent to an activating group) is 1. The van der Waals surface area contributed by atoms with Crippen molar-refractivity contribution in [3.8, 4) is 0 Å². The van der Waals surface area contributed by atoms with E-state index in [0.29, 0.717) is 0 Å². The maximum atomic E-state index is 12.1. The number of amides is 1. The Hall–Kier alpha value is -1.42. The first-order valence-corrected chi connectivity index (χ1v) is 5.70. The highest BCUT2D eigenvalue weighted by Gasteiger charge is 2.32. The zero-order chi connectivity index (χ0) is 11.5. The predicted octanol–water partition coefficient (Wildman–Crippen LogP) is 1.10. The Kier molecular flexibility index (Phi) is 3.19. The lowest BCUT2D eigenvalue weighted by molar-refractivity contribution is -0.118. The van der Waals surface area contributed by atoms with Crippen LogP contribution < -0.4 is 10.2 Å². The van der Waals surface area contributed by atoms with Gasteiger partial charge in [0.25, 0.3) is 0 Å². The first kappa shape index (κ1) is 11.1. The second-order valence-electron chi connectivity index (χ2n) is 4.00. The number of nitrogens with one attached hydrogen (secondary N) is 1. The Morgan fingerprint density at radius 3 is 3.12 bits per heavy atom. The number of carbonyl (C=O) groups is 1. The minimum Gasteiger partial charge on any atom is -0.309 e. The van der Waals surface area contributed by atoms with E-state index in [4.69, 9.17) is 0 Å². The summed E-state index contributed by atoms with van der Waals surface area (Å²) in [5.74, 6) is 0.165. The molecule has 0 aromatic carbocycles. The molecule has 1 unspecified atom stereocenters. The summed E-state index contributed by atoms with van der Waals surface area (Å²) < 4.78 is 0. The van der Waals surface area contributed by atoms with E-state index < -0.39 is 0 Å². The molecule has 0 spiro atoms. The van der Waals surface area contributed by atoms with Crippen molar-refractivity contribution in [3.63, 3.8) is 0 Å². The Balaban J connectivity index is 2.19. The molecule has 1 amide bonds. The number of hydrogen-bond acceptors (Lipinski definition) is 3. The lowest BCUT2D eigenvalue weighted by Crippen LogP contribution is -2.38. The molecule has 2 heterocycles. The number of rotatable bonds is 3. The summed E-state index contributed by atoms with van der Waals surface area (Å²) in [6.45, 7) is 5.56. The summed E-state index contributed by atoms with van der Waals surface area (Å²) in [6.07, 6.45) is 2.63. The highest BCUT2D eigenvalue weighted by atomic mass is 16.2. The van der Waals surface area contributed by atoms with Crippen molar-refractivity contribution in [2.75, 3.05) is 18.0 Å². The molecule has 4 nitrogen and oxygen atoms in total. The number of anilines is 1. The normalized spacial score (nSPS) is 20.5. The van der Waals surface area contributed by atoms with Crippen LogP contribution in [0, 0.1) is 6.92 Å². The van der Waals surface area contributed by atoms with E-state index in [-0.39, 0.29) is 11.9 Å². The van der Waals surface area contributed by atoms with Gasteiger partial charge in [0.15, 0.2) is 0 Å². The van der Waals surface area contributed by atoms with Crippen LogP contribution in [-0.4, -0.2) is 30.0 Å². The number of aromatic nitrogens is 1. The minimum atomic E-state index is -0.0235. The SMILES string of the molecule is CCNC1CCN(c2cccnc2C)C1=O. The lowest BCUT2D eigenvalue weighted by atomic mass is 10.2. The Morgan fingerprint density at radius 1 is 1.62 bits per heavy atom. The highest BCUT2D eigenvalue weighted by Crippen LogP contribution is 2.23. The van der Waals surface area contributed by atoms with Gasteiger partial charge in [-0.3, -0.25) is 9.78 Å². The van der Waals surface area contributed by atoms with Gasteiger partial charge in [-0.05, 0) is 32.0 Å². The first-order valence-electron chi connectivity index (χ1n) is 5.70.